The van der Waals surface area contributed by atoms with Gasteiger partial charge < -0.3 is 19.4 Å². The standard InChI is InChI=1S/C33H45N3O3/c1-26-14-15-28(25-29(26)35-19-9-4-10-20-35)31(37)36-21-17-33(18-22-36)16-8-3-5-11-27-12-6-7-13-30(27)39-24-23-34(2)32(33)38/h6-7,12-15,25H,3-5,8-11,16-24H2,1-2H3. The first kappa shape index (κ1) is 27.5. The van der Waals surface area contributed by atoms with E-state index in [9.17, 15) is 9.59 Å². The molecule has 6 heteroatoms. The maximum atomic E-state index is 13.8. The number of carbonyl (C=O) groups is 2. The Kier molecular flexibility index (Phi) is 8.79. The number of benzene rings is 2. The summed E-state index contributed by atoms with van der Waals surface area (Å²) in [5, 5.41) is 0. The molecule has 2 saturated heterocycles. The zero-order valence-corrected chi connectivity index (χ0v) is 23.9. The van der Waals surface area contributed by atoms with Crippen LogP contribution in [0.2, 0.25) is 0 Å². The molecule has 3 aliphatic heterocycles. The number of hydrogen-bond donors (Lipinski definition) is 0. The van der Waals surface area contributed by atoms with E-state index in [1.54, 1.807) is 0 Å². The van der Waals surface area contributed by atoms with E-state index in [0.29, 0.717) is 26.2 Å². The topological polar surface area (TPSA) is 53.1 Å². The molecule has 210 valence electrons. The highest BCUT2D eigenvalue weighted by molar-refractivity contribution is 5.95. The van der Waals surface area contributed by atoms with Crippen molar-refractivity contribution in [3.8, 4) is 5.75 Å². The lowest BCUT2D eigenvalue weighted by Crippen LogP contribution is -2.51. The molecule has 0 saturated carbocycles. The number of amides is 2. The first-order valence-corrected chi connectivity index (χ1v) is 15.1. The van der Waals surface area contributed by atoms with Gasteiger partial charge in [-0.2, -0.15) is 0 Å². The van der Waals surface area contributed by atoms with E-state index >= 15 is 0 Å². The highest BCUT2D eigenvalue weighted by Crippen LogP contribution is 2.39. The number of hydrogen-bond acceptors (Lipinski definition) is 4. The summed E-state index contributed by atoms with van der Waals surface area (Å²) in [6, 6.07) is 14.5. The molecule has 0 aliphatic carbocycles. The highest BCUT2D eigenvalue weighted by Gasteiger charge is 2.43. The highest BCUT2D eigenvalue weighted by atomic mass is 16.5. The molecule has 2 fully saturated rings. The van der Waals surface area contributed by atoms with Crippen LogP contribution in [-0.2, 0) is 11.2 Å². The van der Waals surface area contributed by atoms with E-state index in [2.05, 4.69) is 36.1 Å². The second kappa shape index (κ2) is 12.4. The predicted octanol–water partition coefficient (Wildman–Crippen LogP) is 5.86. The Morgan fingerprint density at radius 1 is 0.846 bits per heavy atom. The second-order valence-electron chi connectivity index (χ2n) is 11.9. The van der Waals surface area contributed by atoms with Crippen molar-refractivity contribution in [2.24, 2.45) is 5.41 Å². The minimum atomic E-state index is -0.390. The van der Waals surface area contributed by atoms with Gasteiger partial charge >= 0.3 is 0 Å². The Morgan fingerprint density at radius 3 is 2.38 bits per heavy atom. The summed E-state index contributed by atoms with van der Waals surface area (Å²) in [4.78, 5) is 33.7. The van der Waals surface area contributed by atoms with Crippen LogP contribution < -0.4 is 9.64 Å². The Balaban J connectivity index is 1.25. The van der Waals surface area contributed by atoms with E-state index in [1.165, 1.54) is 36.1 Å². The minimum Gasteiger partial charge on any atom is -0.491 e. The number of fused-ring (bicyclic) bond motifs is 1. The van der Waals surface area contributed by atoms with Gasteiger partial charge in [0.15, 0.2) is 0 Å². The smallest absolute Gasteiger partial charge is 0.253 e. The van der Waals surface area contributed by atoms with Crippen molar-refractivity contribution in [1.82, 2.24) is 9.80 Å². The number of anilines is 1. The van der Waals surface area contributed by atoms with E-state index in [-0.39, 0.29) is 11.8 Å². The van der Waals surface area contributed by atoms with Crippen LogP contribution in [0.4, 0.5) is 5.69 Å². The molecular formula is C33H45N3O3. The molecule has 39 heavy (non-hydrogen) atoms. The maximum absolute atomic E-state index is 13.8. The summed E-state index contributed by atoms with van der Waals surface area (Å²) in [7, 11) is 1.91. The molecule has 3 heterocycles. The number of nitrogens with zero attached hydrogens (tertiary/aromatic N) is 3. The van der Waals surface area contributed by atoms with Crippen LogP contribution in [-0.4, -0.2) is 68.0 Å². The molecule has 0 N–H and O–H groups in total. The molecule has 2 aromatic carbocycles. The van der Waals surface area contributed by atoms with Gasteiger partial charge in [-0.1, -0.05) is 37.1 Å². The van der Waals surface area contributed by atoms with Crippen molar-refractivity contribution in [2.75, 3.05) is 51.3 Å². The summed E-state index contributed by atoms with van der Waals surface area (Å²) in [5.41, 5.74) is 4.07. The van der Waals surface area contributed by atoms with Crippen LogP contribution in [0.5, 0.6) is 5.75 Å². The zero-order valence-electron chi connectivity index (χ0n) is 23.9. The summed E-state index contributed by atoms with van der Waals surface area (Å²) >= 11 is 0. The van der Waals surface area contributed by atoms with Crippen molar-refractivity contribution in [3.63, 3.8) is 0 Å². The first-order chi connectivity index (χ1) is 19.0. The van der Waals surface area contributed by atoms with Gasteiger partial charge in [0.25, 0.3) is 5.91 Å². The number of rotatable bonds is 2. The van der Waals surface area contributed by atoms with Gasteiger partial charge in [0, 0.05) is 44.5 Å². The first-order valence-electron chi connectivity index (χ1n) is 15.1. The van der Waals surface area contributed by atoms with Crippen molar-refractivity contribution < 1.29 is 14.3 Å². The SMILES string of the molecule is Cc1ccc(C(=O)N2CCC3(CCCCCc4ccccc4OCCN(C)C3=O)CC2)cc1N1CCCCC1. The maximum Gasteiger partial charge on any atom is 0.253 e. The molecule has 0 aromatic heterocycles. The van der Waals surface area contributed by atoms with E-state index in [1.807, 2.05) is 35.0 Å². The number of piperidine rings is 2. The molecular weight excluding hydrogens is 486 g/mol. The van der Waals surface area contributed by atoms with Gasteiger partial charge in [0.05, 0.1) is 12.0 Å². The van der Waals surface area contributed by atoms with Crippen LogP contribution in [0.1, 0.15) is 79.3 Å². The fourth-order valence-electron chi connectivity index (χ4n) is 6.71. The molecule has 3 aliphatic rings. The van der Waals surface area contributed by atoms with E-state index in [0.717, 1.165) is 69.3 Å². The van der Waals surface area contributed by atoms with Crippen LogP contribution in [0, 0.1) is 12.3 Å². The van der Waals surface area contributed by atoms with Crippen LogP contribution in [0.15, 0.2) is 42.5 Å². The number of likely N-dealkylation sites (N-methyl/N-ethyl adjacent to an activating group) is 1. The summed E-state index contributed by atoms with van der Waals surface area (Å²) in [5.74, 6) is 1.26. The molecule has 2 aromatic rings. The normalized spacial score (nSPS) is 20.9. The molecule has 0 bridgehead atoms. The lowest BCUT2D eigenvalue weighted by atomic mass is 9.73. The summed E-state index contributed by atoms with van der Waals surface area (Å²) in [6.45, 7) is 6.60. The third-order valence-electron chi connectivity index (χ3n) is 9.22. The zero-order chi connectivity index (χ0) is 27.2. The van der Waals surface area contributed by atoms with Crippen LogP contribution >= 0.6 is 0 Å². The molecule has 0 atom stereocenters. The fraction of sp³-hybridized carbons (Fsp3) is 0.576. The number of para-hydroxylation sites is 1. The quantitative estimate of drug-likeness (QED) is 0.487. The van der Waals surface area contributed by atoms with Crippen molar-refractivity contribution in [3.05, 3.63) is 59.2 Å². The van der Waals surface area contributed by atoms with E-state index < -0.39 is 5.41 Å². The largest absolute Gasteiger partial charge is 0.491 e. The Labute approximate surface area is 234 Å². The lowest BCUT2D eigenvalue weighted by molar-refractivity contribution is -0.144. The summed E-state index contributed by atoms with van der Waals surface area (Å²) in [6.07, 6.45) is 10.3. The second-order valence-corrected chi connectivity index (χ2v) is 11.9. The van der Waals surface area contributed by atoms with Crippen molar-refractivity contribution >= 4 is 17.5 Å². The lowest BCUT2D eigenvalue weighted by Gasteiger charge is -2.43. The minimum absolute atomic E-state index is 0.0970. The van der Waals surface area contributed by atoms with Gasteiger partial charge in [-0.3, -0.25) is 9.59 Å². The van der Waals surface area contributed by atoms with Crippen molar-refractivity contribution in [1.29, 1.82) is 0 Å². The van der Waals surface area contributed by atoms with Gasteiger partial charge in [-0.05, 0) is 87.6 Å². The molecule has 0 radical (unpaired) electrons. The Bertz CT molecular complexity index is 1150. The van der Waals surface area contributed by atoms with Crippen LogP contribution in [0.25, 0.3) is 0 Å². The number of ether oxygens (including phenoxy) is 1. The van der Waals surface area contributed by atoms with Gasteiger partial charge in [0.1, 0.15) is 12.4 Å². The van der Waals surface area contributed by atoms with Gasteiger partial charge in [0.2, 0.25) is 5.91 Å². The number of likely N-dealkylation sites (tertiary alicyclic amines) is 1. The number of carbonyl (C=O) groups excluding carboxylic acids is 2. The Hall–Kier alpha value is -3.02. The Morgan fingerprint density at radius 2 is 1.59 bits per heavy atom. The number of aryl methyl sites for hydroxylation is 2. The average Bonchev–Trinajstić information content (AvgIpc) is 2.98. The monoisotopic (exact) mass is 531 g/mol. The predicted molar refractivity (Wildman–Crippen MR) is 157 cm³/mol. The average molecular weight is 532 g/mol. The van der Waals surface area contributed by atoms with Crippen LogP contribution in [0.3, 0.4) is 0 Å². The molecule has 2 amide bonds. The fourth-order valence-corrected chi connectivity index (χ4v) is 6.71. The third-order valence-corrected chi connectivity index (χ3v) is 9.22. The third kappa shape index (κ3) is 6.26. The van der Waals surface area contributed by atoms with E-state index in [4.69, 9.17) is 4.74 Å². The van der Waals surface area contributed by atoms with Gasteiger partial charge in [-0.15, -0.1) is 0 Å². The van der Waals surface area contributed by atoms with Crippen molar-refractivity contribution in [2.45, 2.75) is 71.1 Å². The van der Waals surface area contributed by atoms with Gasteiger partial charge in [-0.25, -0.2) is 0 Å². The molecule has 5 rings (SSSR count). The molecule has 6 nitrogen and oxygen atoms in total. The molecule has 0 unspecified atom stereocenters. The summed E-state index contributed by atoms with van der Waals surface area (Å²) < 4.78 is 6.10. The molecule has 1 spiro atoms.